The molecule has 1 N–H and O–H groups in total. The fraction of sp³-hybridized carbons (Fsp3) is 0.500. The minimum Gasteiger partial charge on any atom is -0.495 e. The Labute approximate surface area is 273 Å². The molecule has 1 aromatic carbocycles. The molecule has 2 amide bonds. The second-order valence-electron chi connectivity index (χ2n) is 12.9. The van der Waals surface area contributed by atoms with Crippen molar-refractivity contribution in [3.63, 3.8) is 0 Å². The van der Waals surface area contributed by atoms with Gasteiger partial charge in [0.05, 0.1) is 22.7 Å². The van der Waals surface area contributed by atoms with Crippen molar-refractivity contribution in [1.29, 1.82) is 0 Å². The highest BCUT2D eigenvalue weighted by molar-refractivity contribution is 7.90. The zero-order valence-electron chi connectivity index (χ0n) is 27.4. The molecule has 0 aliphatic heterocycles. The summed E-state index contributed by atoms with van der Waals surface area (Å²) in [6.45, 7) is 13.6. The van der Waals surface area contributed by atoms with Crippen LogP contribution in [0.1, 0.15) is 55.4 Å². The summed E-state index contributed by atoms with van der Waals surface area (Å²) >= 11 is 6.11. The number of amides is 2. The molecule has 252 valence electrons. The molecule has 0 saturated carbocycles. The lowest BCUT2D eigenvalue weighted by atomic mass is 9.87. The van der Waals surface area contributed by atoms with E-state index in [4.69, 9.17) is 30.5 Å². The molecular formula is C30H40ClN5O9S. The van der Waals surface area contributed by atoms with Crippen LogP contribution in [-0.2, 0) is 28.8 Å². The number of pyridine rings is 1. The van der Waals surface area contributed by atoms with E-state index < -0.39 is 57.3 Å². The van der Waals surface area contributed by atoms with Crippen molar-refractivity contribution in [2.24, 2.45) is 11.3 Å². The summed E-state index contributed by atoms with van der Waals surface area (Å²) < 4.78 is 48.0. The van der Waals surface area contributed by atoms with E-state index in [0.717, 1.165) is 11.2 Å². The minimum atomic E-state index is -3.63. The third-order valence-corrected chi connectivity index (χ3v) is 7.58. The number of methoxy groups -OCH3 is 1. The van der Waals surface area contributed by atoms with Crippen LogP contribution in [0.3, 0.4) is 0 Å². The number of anilines is 2. The molecule has 0 aliphatic carbocycles. The normalized spacial score (nSPS) is 13.6. The van der Waals surface area contributed by atoms with Crippen LogP contribution in [0.15, 0.2) is 41.4 Å². The number of fused-ring (bicyclic) bond motifs is 1. The molecular weight excluding hydrogens is 642 g/mol. The third-order valence-electron chi connectivity index (χ3n) is 6.24. The number of hydrogen-bond acceptors (Lipinski definition) is 11. The van der Waals surface area contributed by atoms with Gasteiger partial charge in [0.15, 0.2) is 15.5 Å². The lowest BCUT2D eigenvalue weighted by Crippen LogP contribution is -2.52. The third kappa shape index (κ3) is 9.22. The van der Waals surface area contributed by atoms with Gasteiger partial charge in [-0.25, -0.2) is 32.2 Å². The van der Waals surface area contributed by atoms with Gasteiger partial charge in [-0.2, -0.15) is 4.98 Å². The smallest absolute Gasteiger partial charge is 0.424 e. The Morgan fingerprint density at radius 2 is 1.67 bits per heavy atom. The summed E-state index contributed by atoms with van der Waals surface area (Å²) in [5.74, 6) is -1.61. The molecule has 0 radical (unpaired) electrons. The van der Waals surface area contributed by atoms with Crippen LogP contribution in [0.5, 0.6) is 5.75 Å². The SMILES string of the molecule is COc1cc(S(C)(=O)=O)ccc1N(C(=O)OC(OC(=O)[C@@H](NC(=O)OC(C)(C)C)C(C)(C)C)C(C)C)c1nc2ccc(Cl)cn2n1. The quantitative estimate of drug-likeness (QED) is 0.223. The van der Waals surface area contributed by atoms with Crippen LogP contribution >= 0.6 is 11.6 Å². The zero-order chi connectivity index (χ0) is 34.8. The average Bonchev–Trinajstić information content (AvgIpc) is 3.31. The highest BCUT2D eigenvalue weighted by atomic mass is 35.5. The summed E-state index contributed by atoms with van der Waals surface area (Å²) in [5.41, 5.74) is -1.26. The van der Waals surface area contributed by atoms with E-state index in [2.05, 4.69) is 15.4 Å². The second kappa shape index (κ2) is 13.7. The number of hydrogen-bond donors (Lipinski definition) is 1. The Morgan fingerprint density at radius 1 is 1.02 bits per heavy atom. The maximum absolute atomic E-state index is 14.0. The number of nitrogens with zero attached hydrogens (tertiary/aromatic N) is 4. The first kappa shape index (κ1) is 36.4. The van der Waals surface area contributed by atoms with Gasteiger partial charge in [0, 0.05) is 24.4 Å². The van der Waals surface area contributed by atoms with E-state index in [1.54, 1.807) is 67.5 Å². The van der Waals surface area contributed by atoms with Crippen LogP contribution in [-0.4, -0.2) is 72.5 Å². The number of carbonyl (C=O) groups excluding carboxylic acids is 3. The number of ether oxygens (including phenoxy) is 4. The van der Waals surface area contributed by atoms with E-state index in [-0.39, 0.29) is 22.3 Å². The van der Waals surface area contributed by atoms with Crippen LogP contribution in [0.2, 0.25) is 5.02 Å². The molecule has 0 aliphatic rings. The highest BCUT2D eigenvalue weighted by Crippen LogP contribution is 2.36. The Kier molecular flexibility index (Phi) is 10.8. The van der Waals surface area contributed by atoms with Crippen molar-refractivity contribution in [3.8, 4) is 5.75 Å². The van der Waals surface area contributed by atoms with Crippen LogP contribution < -0.4 is 15.0 Å². The molecule has 46 heavy (non-hydrogen) atoms. The lowest BCUT2D eigenvalue weighted by molar-refractivity contribution is -0.179. The predicted octanol–water partition coefficient (Wildman–Crippen LogP) is 5.53. The van der Waals surface area contributed by atoms with Gasteiger partial charge >= 0.3 is 18.2 Å². The van der Waals surface area contributed by atoms with Crippen molar-refractivity contribution >= 4 is 56.9 Å². The van der Waals surface area contributed by atoms with Gasteiger partial charge in [0.2, 0.25) is 0 Å². The Morgan fingerprint density at radius 3 is 2.22 bits per heavy atom. The highest BCUT2D eigenvalue weighted by Gasteiger charge is 2.39. The summed E-state index contributed by atoms with van der Waals surface area (Å²) in [6.07, 6.45) is -0.835. The van der Waals surface area contributed by atoms with Gasteiger partial charge in [-0.3, -0.25) is 0 Å². The number of sulfone groups is 1. The molecule has 3 aromatic rings. The fourth-order valence-corrected chi connectivity index (χ4v) is 4.78. The number of nitrogens with one attached hydrogen (secondary N) is 1. The molecule has 0 bridgehead atoms. The molecule has 0 saturated heterocycles. The van der Waals surface area contributed by atoms with Crippen molar-refractivity contribution in [2.75, 3.05) is 18.3 Å². The number of carbonyl (C=O) groups is 3. The zero-order valence-corrected chi connectivity index (χ0v) is 29.0. The van der Waals surface area contributed by atoms with Gasteiger partial charge in [-0.1, -0.05) is 46.2 Å². The van der Waals surface area contributed by atoms with Crippen molar-refractivity contribution in [1.82, 2.24) is 19.9 Å². The van der Waals surface area contributed by atoms with Gasteiger partial charge in [0.1, 0.15) is 17.4 Å². The van der Waals surface area contributed by atoms with Gasteiger partial charge in [-0.15, -0.1) is 5.10 Å². The first-order chi connectivity index (χ1) is 21.1. The summed E-state index contributed by atoms with van der Waals surface area (Å²) in [7, 11) is -2.33. The first-order valence-corrected chi connectivity index (χ1v) is 16.5. The Hall–Kier alpha value is -4.11. The molecule has 16 heteroatoms. The second-order valence-corrected chi connectivity index (χ2v) is 15.3. The van der Waals surface area contributed by atoms with Gasteiger partial charge in [-0.05, 0) is 50.5 Å². The topological polar surface area (TPSA) is 168 Å². The monoisotopic (exact) mass is 681 g/mol. The Bertz CT molecular complexity index is 1710. The molecule has 2 atom stereocenters. The molecule has 0 spiro atoms. The molecule has 2 aromatic heterocycles. The van der Waals surface area contributed by atoms with Crippen LogP contribution in [0.25, 0.3) is 5.65 Å². The molecule has 14 nitrogen and oxygen atoms in total. The van der Waals surface area contributed by atoms with Gasteiger partial charge < -0.3 is 24.3 Å². The standard InChI is InChI=1S/C30H40ClN5O9S/c1-17(2)25(43-24(37)23(29(3,4)5)33-27(38)45-30(6,7)8)44-28(39)36(26-32-22-14-11-18(31)16-35(22)34-26)20-13-12-19(46(10,40)41)15-21(20)42-9/h11-17,23,25H,1-10H3,(H,33,38)/t23-,25?/m1/s1. The number of rotatable bonds is 9. The van der Waals surface area contributed by atoms with E-state index >= 15 is 0 Å². The predicted molar refractivity (Wildman–Crippen MR) is 170 cm³/mol. The van der Waals surface area contributed by atoms with E-state index in [1.807, 2.05) is 0 Å². The molecule has 0 fully saturated rings. The molecule has 1 unspecified atom stereocenters. The van der Waals surface area contributed by atoms with Crippen molar-refractivity contribution in [3.05, 3.63) is 41.6 Å². The Balaban J connectivity index is 2.02. The van der Waals surface area contributed by atoms with E-state index in [9.17, 15) is 22.8 Å². The average molecular weight is 682 g/mol. The maximum atomic E-state index is 14.0. The fourth-order valence-electron chi connectivity index (χ4n) is 3.99. The van der Waals surface area contributed by atoms with Crippen LogP contribution in [0, 0.1) is 11.3 Å². The molecule has 3 rings (SSSR count). The van der Waals surface area contributed by atoms with Crippen molar-refractivity contribution < 1.29 is 41.7 Å². The van der Waals surface area contributed by atoms with Gasteiger partial charge in [0.25, 0.3) is 12.2 Å². The van der Waals surface area contributed by atoms with Crippen molar-refractivity contribution in [2.45, 2.75) is 78.2 Å². The summed E-state index contributed by atoms with van der Waals surface area (Å²) in [5, 5.41) is 7.26. The number of aromatic nitrogens is 3. The van der Waals surface area contributed by atoms with Crippen LogP contribution in [0.4, 0.5) is 21.2 Å². The number of halogens is 1. The maximum Gasteiger partial charge on any atom is 0.424 e. The summed E-state index contributed by atoms with van der Waals surface area (Å²) in [4.78, 5) is 45.3. The van der Waals surface area contributed by atoms with E-state index in [1.165, 1.54) is 36.0 Å². The summed E-state index contributed by atoms with van der Waals surface area (Å²) in [6, 6.07) is 5.86. The number of alkyl carbamates (subject to hydrolysis) is 1. The number of esters is 1. The van der Waals surface area contributed by atoms with E-state index in [0.29, 0.717) is 10.7 Å². The first-order valence-electron chi connectivity index (χ1n) is 14.2. The minimum absolute atomic E-state index is 0.00999. The number of benzene rings is 1. The largest absolute Gasteiger partial charge is 0.495 e. The molecule has 2 heterocycles. The lowest BCUT2D eigenvalue weighted by Gasteiger charge is -2.32.